The van der Waals surface area contributed by atoms with E-state index in [1.807, 2.05) is 6.92 Å². The van der Waals surface area contributed by atoms with Gasteiger partial charge in [-0.3, -0.25) is 9.59 Å². The molecule has 0 saturated heterocycles. The van der Waals surface area contributed by atoms with Gasteiger partial charge in [-0.25, -0.2) is 0 Å². The van der Waals surface area contributed by atoms with Crippen molar-refractivity contribution in [1.29, 1.82) is 0 Å². The largest absolute Gasteiger partial charge is 0.481 e. The summed E-state index contributed by atoms with van der Waals surface area (Å²) in [7, 11) is 0. The molecule has 1 aliphatic carbocycles. The first-order valence-corrected chi connectivity index (χ1v) is 7.30. The maximum absolute atomic E-state index is 12.0. The van der Waals surface area contributed by atoms with Crippen molar-refractivity contribution in [3.63, 3.8) is 0 Å². The number of nitrogens with one attached hydrogen (secondary N) is 1. The van der Waals surface area contributed by atoms with Crippen LogP contribution in [0.3, 0.4) is 0 Å². The number of carbonyl (C=O) groups is 2. The molecule has 1 unspecified atom stereocenters. The summed E-state index contributed by atoms with van der Waals surface area (Å²) < 4.78 is 0. The van der Waals surface area contributed by atoms with Gasteiger partial charge in [-0.2, -0.15) is 0 Å². The summed E-state index contributed by atoms with van der Waals surface area (Å²) in [6, 6.07) is 5.05. The van der Waals surface area contributed by atoms with Crippen LogP contribution in [0, 0.1) is 11.8 Å². The van der Waals surface area contributed by atoms with Gasteiger partial charge < -0.3 is 10.4 Å². The molecule has 0 saturated carbocycles. The molecule has 2 rings (SSSR count). The second-order valence-electron chi connectivity index (χ2n) is 5.09. The number of carboxylic acid groups (broad SMARTS) is 1. The molecule has 0 fully saturated rings. The first-order valence-electron chi connectivity index (χ1n) is 6.54. The fourth-order valence-corrected chi connectivity index (χ4v) is 2.80. The SMILES string of the molecule is CC(Cc1c(Cl)cccc1Cl)NC(=O)[C@@H]1C=C[C@@H]1C(=O)O. The monoisotopic (exact) mass is 327 g/mol. The highest BCUT2D eigenvalue weighted by atomic mass is 35.5. The molecule has 0 heterocycles. The van der Waals surface area contributed by atoms with Crippen LogP contribution in [0.1, 0.15) is 12.5 Å². The van der Waals surface area contributed by atoms with Crippen molar-refractivity contribution in [1.82, 2.24) is 5.32 Å². The lowest BCUT2D eigenvalue weighted by molar-refractivity contribution is -0.145. The highest BCUT2D eigenvalue weighted by Crippen LogP contribution is 2.27. The van der Waals surface area contributed by atoms with E-state index >= 15 is 0 Å². The summed E-state index contributed by atoms with van der Waals surface area (Å²) >= 11 is 12.2. The van der Waals surface area contributed by atoms with Crippen molar-refractivity contribution < 1.29 is 14.7 Å². The van der Waals surface area contributed by atoms with Crippen LogP contribution < -0.4 is 5.32 Å². The molecule has 0 radical (unpaired) electrons. The lowest BCUT2D eigenvalue weighted by atomic mass is 9.81. The Morgan fingerprint density at radius 1 is 1.24 bits per heavy atom. The number of halogens is 2. The fourth-order valence-electron chi connectivity index (χ4n) is 2.24. The van der Waals surface area contributed by atoms with Crippen LogP contribution in [0.15, 0.2) is 30.4 Å². The molecule has 0 aliphatic heterocycles. The van der Waals surface area contributed by atoms with Gasteiger partial charge in [0.15, 0.2) is 0 Å². The predicted octanol–water partition coefficient (Wildman–Crippen LogP) is 2.93. The third-order valence-corrected chi connectivity index (χ3v) is 4.17. The Morgan fingerprint density at radius 3 is 2.29 bits per heavy atom. The van der Waals surface area contributed by atoms with Gasteiger partial charge in [-0.1, -0.05) is 41.4 Å². The molecule has 21 heavy (non-hydrogen) atoms. The molecular weight excluding hydrogens is 313 g/mol. The summed E-state index contributed by atoms with van der Waals surface area (Å²) in [5.41, 5.74) is 0.771. The number of carboxylic acids is 1. The number of carbonyl (C=O) groups excluding carboxylic acids is 1. The lowest BCUT2D eigenvalue weighted by Gasteiger charge is -2.26. The Labute approximate surface area is 132 Å². The van der Waals surface area contributed by atoms with Gasteiger partial charge in [-0.15, -0.1) is 0 Å². The maximum Gasteiger partial charge on any atom is 0.311 e. The molecular formula is C15H15Cl2NO3. The zero-order valence-corrected chi connectivity index (χ0v) is 12.9. The Morgan fingerprint density at radius 2 is 1.81 bits per heavy atom. The first kappa shape index (κ1) is 15.9. The van der Waals surface area contributed by atoms with Crippen molar-refractivity contribution in [2.45, 2.75) is 19.4 Å². The number of aliphatic carboxylic acids is 1. The van der Waals surface area contributed by atoms with Crippen LogP contribution in [0.5, 0.6) is 0 Å². The van der Waals surface area contributed by atoms with Gasteiger partial charge in [0, 0.05) is 16.1 Å². The quantitative estimate of drug-likeness (QED) is 0.817. The summed E-state index contributed by atoms with van der Waals surface area (Å²) in [6.07, 6.45) is 3.60. The summed E-state index contributed by atoms with van der Waals surface area (Å²) in [5, 5.41) is 12.8. The van der Waals surface area contributed by atoms with E-state index in [1.165, 1.54) is 6.08 Å². The Kier molecular flexibility index (Phi) is 4.91. The van der Waals surface area contributed by atoms with E-state index in [9.17, 15) is 9.59 Å². The minimum atomic E-state index is -0.987. The van der Waals surface area contributed by atoms with Crippen molar-refractivity contribution in [2.24, 2.45) is 11.8 Å². The standard InChI is InChI=1S/C15H15Cl2NO3/c1-8(7-11-12(16)3-2-4-13(11)17)18-14(19)9-5-6-10(9)15(20)21/h2-6,8-10H,7H2,1H3,(H,18,19)(H,20,21)/t8?,9-,10+/m1/s1. The van der Waals surface area contributed by atoms with Gasteiger partial charge >= 0.3 is 5.97 Å². The molecule has 4 nitrogen and oxygen atoms in total. The van der Waals surface area contributed by atoms with E-state index in [0.717, 1.165) is 5.56 Å². The predicted molar refractivity (Wildman–Crippen MR) is 81.5 cm³/mol. The fraction of sp³-hybridized carbons (Fsp3) is 0.333. The summed E-state index contributed by atoms with van der Waals surface area (Å²) in [6.45, 7) is 1.83. The second kappa shape index (κ2) is 6.50. The molecule has 0 spiro atoms. The van der Waals surface area contributed by atoms with E-state index in [0.29, 0.717) is 16.5 Å². The van der Waals surface area contributed by atoms with E-state index in [-0.39, 0.29) is 11.9 Å². The molecule has 6 heteroatoms. The summed E-state index contributed by atoms with van der Waals surface area (Å²) in [4.78, 5) is 22.9. The van der Waals surface area contributed by atoms with E-state index < -0.39 is 17.8 Å². The van der Waals surface area contributed by atoms with Crippen LogP contribution >= 0.6 is 23.2 Å². The maximum atomic E-state index is 12.0. The minimum Gasteiger partial charge on any atom is -0.481 e. The van der Waals surface area contributed by atoms with Crippen molar-refractivity contribution in [3.8, 4) is 0 Å². The second-order valence-corrected chi connectivity index (χ2v) is 5.90. The zero-order valence-electron chi connectivity index (χ0n) is 11.3. The average molecular weight is 328 g/mol. The van der Waals surface area contributed by atoms with Crippen LogP contribution in [0.2, 0.25) is 10.0 Å². The number of hydrogen-bond acceptors (Lipinski definition) is 2. The number of hydrogen-bond donors (Lipinski definition) is 2. The topological polar surface area (TPSA) is 66.4 Å². The van der Waals surface area contributed by atoms with Gasteiger partial charge in [0.05, 0.1) is 11.8 Å². The van der Waals surface area contributed by atoms with Crippen molar-refractivity contribution in [2.75, 3.05) is 0 Å². The molecule has 1 amide bonds. The van der Waals surface area contributed by atoms with Crippen LogP contribution in [0.25, 0.3) is 0 Å². The zero-order chi connectivity index (χ0) is 15.6. The average Bonchev–Trinajstić information content (AvgIpc) is 2.31. The summed E-state index contributed by atoms with van der Waals surface area (Å²) in [5.74, 6) is -2.62. The smallest absolute Gasteiger partial charge is 0.311 e. The van der Waals surface area contributed by atoms with Crippen LogP contribution in [-0.2, 0) is 16.0 Å². The number of amides is 1. The first-order chi connectivity index (χ1) is 9.90. The third-order valence-electron chi connectivity index (χ3n) is 3.46. The van der Waals surface area contributed by atoms with Gasteiger partial charge in [-0.05, 0) is 31.0 Å². The van der Waals surface area contributed by atoms with Crippen molar-refractivity contribution >= 4 is 35.1 Å². The number of rotatable bonds is 5. The molecule has 0 bridgehead atoms. The highest BCUT2D eigenvalue weighted by Gasteiger charge is 2.36. The van der Waals surface area contributed by atoms with Crippen LogP contribution in [-0.4, -0.2) is 23.0 Å². The third kappa shape index (κ3) is 3.57. The Bertz CT molecular complexity index is 580. The van der Waals surface area contributed by atoms with Crippen LogP contribution in [0.4, 0.5) is 0 Å². The van der Waals surface area contributed by atoms with Gasteiger partial charge in [0.2, 0.25) is 5.91 Å². The molecule has 0 aromatic heterocycles. The Hall–Kier alpha value is -1.52. The highest BCUT2D eigenvalue weighted by molar-refractivity contribution is 6.36. The number of benzene rings is 1. The molecule has 1 aliphatic rings. The van der Waals surface area contributed by atoms with E-state index in [1.54, 1.807) is 24.3 Å². The molecule has 1 aromatic rings. The van der Waals surface area contributed by atoms with Crippen molar-refractivity contribution in [3.05, 3.63) is 46.0 Å². The van der Waals surface area contributed by atoms with E-state index in [4.69, 9.17) is 28.3 Å². The molecule has 112 valence electrons. The lowest BCUT2D eigenvalue weighted by Crippen LogP contribution is -2.44. The minimum absolute atomic E-state index is 0.196. The van der Waals surface area contributed by atoms with E-state index in [2.05, 4.69) is 5.32 Å². The van der Waals surface area contributed by atoms with Gasteiger partial charge in [0.25, 0.3) is 0 Å². The molecule has 3 atom stereocenters. The van der Waals surface area contributed by atoms with Gasteiger partial charge in [0.1, 0.15) is 0 Å². The Balaban J connectivity index is 1.96. The normalized spacial score (nSPS) is 21.5. The molecule has 1 aromatic carbocycles. The molecule has 2 N–H and O–H groups in total.